The number of hydrazine groups is 2. The van der Waals surface area contributed by atoms with Crippen LogP contribution < -0.4 is 20.9 Å². The third-order valence-electron chi connectivity index (χ3n) is 3.79. The van der Waals surface area contributed by atoms with Gasteiger partial charge in [0.05, 0.1) is 18.8 Å². The van der Waals surface area contributed by atoms with Crippen molar-refractivity contribution in [2.45, 2.75) is 12.6 Å². The van der Waals surface area contributed by atoms with E-state index in [9.17, 15) is 18.0 Å². The Morgan fingerprint density at radius 2 is 1.82 bits per heavy atom. The number of urea groups is 1. The SMILES string of the molecule is NC(=O)NN1CCOC(c2ccc(Br)cc2)N1c1ccc(OC(F)(F)F)cc1. The third kappa shape index (κ3) is 5.06. The monoisotopic (exact) mass is 460 g/mol. The number of ether oxygens (including phenoxy) is 2. The summed E-state index contributed by atoms with van der Waals surface area (Å²) in [5.41, 5.74) is 8.98. The lowest BCUT2D eigenvalue weighted by atomic mass is 10.1. The second-order valence-electron chi connectivity index (χ2n) is 5.76. The van der Waals surface area contributed by atoms with Gasteiger partial charge >= 0.3 is 12.4 Å². The second-order valence-corrected chi connectivity index (χ2v) is 6.68. The summed E-state index contributed by atoms with van der Waals surface area (Å²) < 4.78 is 47.8. The zero-order valence-corrected chi connectivity index (χ0v) is 15.9. The maximum atomic E-state index is 12.4. The lowest BCUT2D eigenvalue weighted by Crippen LogP contribution is -2.60. The van der Waals surface area contributed by atoms with Gasteiger partial charge in [0.2, 0.25) is 0 Å². The average molecular weight is 461 g/mol. The van der Waals surface area contributed by atoms with E-state index < -0.39 is 18.6 Å². The number of rotatable bonds is 4. The fourth-order valence-electron chi connectivity index (χ4n) is 2.73. The van der Waals surface area contributed by atoms with Crippen molar-refractivity contribution in [3.63, 3.8) is 0 Å². The molecule has 7 nitrogen and oxygen atoms in total. The molecule has 0 saturated carbocycles. The molecule has 2 amide bonds. The number of anilines is 1. The lowest BCUT2D eigenvalue weighted by molar-refractivity contribution is -0.274. The molecular weight excluding hydrogens is 445 g/mol. The number of nitrogens with two attached hydrogens (primary N) is 1. The Labute approximate surface area is 166 Å². The summed E-state index contributed by atoms with van der Waals surface area (Å²) in [4.78, 5) is 11.4. The van der Waals surface area contributed by atoms with Crippen LogP contribution in [-0.2, 0) is 4.74 Å². The molecule has 2 aromatic carbocycles. The molecule has 1 heterocycles. The van der Waals surface area contributed by atoms with Crippen molar-refractivity contribution in [3.05, 3.63) is 58.6 Å². The van der Waals surface area contributed by atoms with Crippen LogP contribution in [0.3, 0.4) is 0 Å². The molecule has 1 fully saturated rings. The highest BCUT2D eigenvalue weighted by Crippen LogP contribution is 2.34. The van der Waals surface area contributed by atoms with Gasteiger partial charge in [0, 0.05) is 10.0 Å². The van der Waals surface area contributed by atoms with E-state index in [1.807, 2.05) is 24.3 Å². The average Bonchev–Trinajstić information content (AvgIpc) is 2.61. The second kappa shape index (κ2) is 8.25. The number of carbonyl (C=O) groups excluding carboxylic acids is 1. The molecule has 1 unspecified atom stereocenters. The van der Waals surface area contributed by atoms with Crippen molar-refractivity contribution in [1.29, 1.82) is 0 Å². The molecule has 1 aliphatic rings. The van der Waals surface area contributed by atoms with E-state index in [0.29, 0.717) is 12.3 Å². The molecule has 0 radical (unpaired) electrons. The molecule has 0 aromatic heterocycles. The lowest BCUT2D eigenvalue weighted by Gasteiger charge is -2.44. The van der Waals surface area contributed by atoms with Crippen LogP contribution in [0.4, 0.5) is 23.7 Å². The van der Waals surface area contributed by atoms with Crippen LogP contribution in [0.15, 0.2) is 53.0 Å². The largest absolute Gasteiger partial charge is 0.573 e. The zero-order valence-electron chi connectivity index (χ0n) is 14.3. The normalized spacial score (nSPS) is 18.0. The number of alkyl halides is 3. The molecule has 0 aliphatic carbocycles. The van der Waals surface area contributed by atoms with Crippen LogP contribution in [-0.4, -0.2) is 30.7 Å². The molecule has 150 valence electrons. The van der Waals surface area contributed by atoms with Crippen molar-refractivity contribution >= 4 is 27.6 Å². The maximum absolute atomic E-state index is 12.4. The Morgan fingerprint density at radius 1 is 1.18 bits per heavy atom. The van der Waals surface area contributed by atoms with Crippen LogP contribution >= 0.6 is 15.9 Å². The van der Waals surface area contributed by atoms with E-state index in [4.69, 9.17) is 10.5 Å². The molecule has 11 heteroatoms. The van der Waals surface area contributed by atoms with E-state index in [2.05, 4.69) is 26.1 Å². The number of hydrogen-bond donors (Lipinski definition) is 2. The van der Waals surface area contributed by atoms with Crippen LogP contribution in [0.2, 0.25) is 0 Å². The summed E-state index contributed by atoms with van der Waals surface area (Å²) >= 11 is 3.36. The summed E-state index contributed by atoms with van der Waals surface area (Å²) in [5.74, 6) is -0.358. The van der Waals surface area contributed by atoms with Crippen LogP contribution in [0.25, 0.3) is 0 Å². The summed E-state index contributed by atoms with van der Waals surface area (Å²) in [6.45, 7) is 0.587. The van der Waals surface area contributed by atoms with E-state index >= 15 is 0 Å². The smallest absolute Gasteiger partial charge is 0.406 e. The predicted molar refractivity (Wildman–Crippen MR) is 97.9 cm³/mol. The first-order valence-electron chi connectivity index (χ1n) is 8.08. The first-order chi connectivity index (χ1) is 13.2. The molecule has 1 saturated heterocycles. The third-order valence-corrected chi connectivity index (χ3v) is 4.32. The molecule has 28 heavy (non-hydrogen) atoms. The van der Waals surface area contributed by atoms with Gasteiger partial charge < -0.3 is 15.2 Å². The van der Waals surface area contributed by atoms with Crippen molar-refractivity contribution < 1.29 is 27.4 Å². The number of benzene rings is 2. The summed E-state index contributed by atoms with van der Waals surface area (Å²) in [7, 11) is 0. The van der Waals surface area contributed by atoms with E-state index in [1.54, 1.807) is 5.01 Å². The molecule has 3 N–H and O–H groups in total. The number of hydrogen-bond acceptors (Lipinski definition) is 5. The van der Waals surface area contributed by atoms with E-state index in [1.165, 1.54) is 29.4 Å². The molecule has 0 bridgehead atoms. The van der Waals surface area contributed by atoms with Crippen molar-refractivity contribution in [3.8, 4) is 5.75 Å². The van der Waals surface area contributed by atoms with Crippen LogP contribution in [0, 0.1) is 0 Å². The maximum Gasteiger partial charge on any atom is 0.573 e. The molecule has 2 aromatic rings. The molecule has 1 atom stereocenters. The van der Waals surface area contributed by atoms with Gasteiger partial charge in [-0.3, -0.25) is 10.4 Å². The van der Waals surface area contributed by atoms with Crippen molar-refractivity contribution in [1.82, 2.24) is 10.5 Å². The Balaban J connectivity index is 1.93. The molecular formula is C17H16BrF3N4O3. The van der Waals surface area contributed by atoms with Gasteiger partial charge in [-0.25, -0.2) is 4.79 Å². The number of carbonyl (C=O) groups is 1. The number of nitrogens with zero attached hydrogens (tertiary/aromatic N) is 2. The van der Waals surface area contributed by atoms with Crippen molar-refractivity contribution in [2.24, 2.45) is 5.73 Å². The predicted octanol–water partition coefficient (Wildman–Crippen LogP) is 3.68. The standard InChI is InChI=1S/C17H16BrF3N4O3/c18-12-3-1-11(2-4-12)15-25(24(9-10-27-15)23-16(22)26)13-5-7-14(8-6-13)28-17(19,20)21/h1-8,15H,9-10H2,(H3,22,23,26). The zero-order chi connectivity index (χ0) is 20.3. The topological polar surface area (TPSA) is 80.1 Å². The minimum absolute atomic E-state index is 0.288. The summed E-state index contributed by atoms with van der Waals surface area (Å²) in [5, 5.41) is 3.05. The number of amides is 2. The summed E-state index contributed by atoms with van der Waals surface area (Å²) in [6.07, 6.45) is -5.42. The molecule has 3 rings (SSSR count). The minimum atomic E-state index is -4.78. The quantitative estimate of drug-likeness (QED) is 0.727. The Bertz CT molecular complexity index is 818. The minimum Gasteiger partial charge on any atom is -0.406 e. The van der Waals surface area contributed by atoms with Gasteiger partial charge in [-0.05, 0) is 36.4 Å². The number of halogens is 4. The van der Waals surface area contributed by atoms with E-state index in [0.717, 1.165) is 10.0 Å². The Morgan fingerprint density at radius 3 is 2.39 bits per heavy atom. The fourth-order valence-corrected chi connectivity index (χ4v) is 3.00. The van der Waals surface area contributed by atoms with Gasteiger partial charge in [-0.2, -0.15) is 0 Å². The van der Waals surface area contributed by atoms with Gasteiger partial charge in [0.25, 0.3) is 0 Å². The first kappa shape index (κ1) is 20.2. The van der Waals surface area contributed by atoms with Crippen LogP contribution in [0.1, 0.15) is 11.8 Å². The fraction of sp³-hybridized carbons (Fsp3) is 0.235. The molecule has 1 aliphatic heterocycles. The van der Waals surface area contributed by atoms with Gasteiger partial charge in [-0.1, -0.05) is 28.1 Å². The summed E-state index contributed by atoms with van der Waals surface area (Å²) in [6, 6.07) is 11.8. The van der Waals surface area contributed by atoms with Gasteiger partial charge in [0.1, 0.15) is 5.75 Å². The highest BCUT2D eigenvalue weighted by Gasteiger charge is 2.33. The highest BCUT2D eigenvalue weighted by atomic mass is 79.9. The Hall–Kier alpha value is -2.50. The van der Waals surface area contributed by atoms with Crippen molar-refractivity contribution in [2.75, 3.05) is 18.2 Å². The van der Waals surface area contributed by atoms with Gasteiger partial charge in [0.15, 0.2) is 6.23 Å². The van der Waals surface area contributed by atoms with E-state index in [-0.39, 0.29) is 12.3 Å². The van der Waals surface area contributed by atoms with Gasteiger partial charge in [-0.15, -0.1) is 18.3 Å². The Kier molecular flexibility index (Phi) is 5.96. The first-order valence-corrected chi connectivity index (χ1v) is 8.88. The number of nitrogens with one attached hydrogen (secondary N) is 1. The highest BCUT2D eigenvalue weighted by molar-refractivity contribution is 9.10. The number of primary amides is 1. The molecule has 0 spiro atoms. The van der Waals surface area contributed by atoms with Crippen LogP contribution in [0.5, 0.6) is 5.75 Å².